The first-order chi connectivity index (χ1) is 12.7. The summed E-state index contributed by atoms with van der Waals surface area (Å²) in [6.45, 7) is 5.44. The van der Waals surface area contributed by atoms with Crippen LogP contribution in [-0.4, -0.2) is 18.2 Å². The van der Waals surface area contributed by atoms with Gasteiger partial charge in [0, 0.05) is 16.9 Å². The smallest absolute Gasteiger partial charge is 0.180 e. The van der Waals surface area contributed by atoms with E-state index in [1.807, 2.05) is 43.3 Å². The zero-order valence-electron chi connectivity index (χ0n) is 15.2. The quantitative estimate of drug-likeness (QED) is 0.561. The van der Waals surface area contributed by atoms with Gasteiger partial charge < -0.3 is 15.2 Å². The lowest BCUT2D eigenvalue weighted by atomic mass is 10.1. The molecule has 0 unspecified atom stereocenters. The van der Waals surface area contributed by atoms with Gasteiger partial charge in [-0.3, -0.25) is 0 Å². The number of nitrogen functional groups attached to an aromatic ring is 1. The van der Waals surface area contributed by atoms with Crippen molar-refractivity contribution in [2.45, 2.75) is 26.7 Å². The van der Waals surface area contributed by atoms with E-state index < -0.39 is 0 Å². The van der Waals surface area contributed by atoms with E-state index in [1.165, 1.54) is 16.9 Å². The highest BCUT2D eigenvalue weighted by Gasteiger charge is 2.08. The molecule has 136 valence electrons. The molecule has 2 N–H and O–H groups in total. The van der Waals surface area contributed by atoms with Crippen molar-refractivity contribution in [3.63, 3.8) is 0 Å². The fourth-order valence-electron chi connectivity index (χ4n) is 2.65. The molecule has 0 atom stereocenters. The molecule has 0 aliphatic heterocycles. The second-order valence-electron chi connectivity index (χ2n) is 6.03. The molecule has 0 amide bonds. The van der Waals surface area contributed by atoms with Gasteiger partial charge in [0.2, 0.25) is 0 Å². The Morgan fingerprint density at radius 1 is 0.923 bits per heavy atom. The highest BCUT2D eigenvalue weighted by molar-refractivity contribution is 7.15. The maximum absolute atomic E-state index is 5.78. The number of aromatic nitrogens is 1. The number of rotatable bonds is 8. The molecule has 26 heavy (non-hydrogen) atoms. The third kappa shape index (κ3) is 4.76. The molecule has 0 saturated heterocycles. The van der Waals surface area contributed by atoms with E-state index in [4.69, 9.17) is 15.2 Å². The maximum atomic E-state index is 5.78. The molecule has 0 saturated carbocycles. The van der Waals surface area contributed by atoms with Crippen molar-refractivity contribution in [1.82, 2.24) is 4.98 Å². The Hall–Kier alpha value is -2.53. The fourth-order valence-corrected chi connectivity index (χ4v) is 3.36. The standard InChI is InChI=1S/C21H24N2O2S/c1-3-16-5-9-18(10-6-16)24-13-4-14-25-19-11-7-17(8-12-19)20-15(2)26-21(22)23-20/h5-12H,3-4,13-14H2,1-2H3,(H2,22,23). The molecule has 0 aliphatic rings. The van der Waals surface area contributed by atoms with Crippen LogP contribution < -0.4 is 15.2 Å². The predicted octanol–water partition coefficient (Wildman–Crippen LogP) is 5.11. The molecule has 3 rings (SSSR count). The van der Waals surface area contributed by atoms with Crippen molar-refractivity contribution in [1.29, 1.82) is 0 Å². The van der Waals surface area contributed by atoms with E-state index in [-0.39, 0.29) is 0 Å². The maximum Gasteiger partial charge on any atom is 0.180 e. The molecule has 2 aromatic carbocycles. The molecular formula is C21H24N2O2S. The summed E-state index contributed by atoms with van der Waals surface area (Å²) in [6.07, 6.45) is 1.88. The van der Waals surface area contributed by atoms with Gasteiger partial charge in [0.15, 0.2) is 5.13 Å². The molecule has 1 heterocycles. The molecule has 3 aromatic rings. The largest absolute Gasteiger partial charge is 0.493 e. The van der Waals surface area contributed by atoms with Crippen LogP contribution in [0.4, 0.5) is 5.13 Å². The summed E-state index contributed by atoms with van der Waals surface area (Å²) in [5, 5.41) is 0.599. The molecule has 5 heteroatoms. The lowest BCUT2D eigenvalue weighted by molar-refractivity contribution is 0.247. The third-order valence-corrected chi connectivity index (χ3v) is 4.90. The number of nitrogens with zero attached hydrogens (tertiary/aromatic N) is 1. The SMILES string of the molecule is CCc1ccc(OCCCOc2ccc(-c3nc(N)sc3C)cc2)cc1. The number of hydrogen-bond acceptors (Lipinski definition) is 5. The normalized spacial score (nSPS) is 10.7. The van der Waals surface area contributed by atoms with Crippen molar-refractivity contribution >= 4 is 16.5 Å². The van der Waals surface area contributed by atoms with Crippen LogP contribution in [0.3, 0.4) is 0 Å². The lowest BCUT2D eigenvalue weighted by Crippen LogP contribution is -2.05. The topological polar surface area (TPSA) is 57.4 Å². The Balaban J connectivity index is 1.42. The van der Waals surface area contributed by atoms with Crippen molar-refractivity contribution in [3.05, 3.63) is 59.0 Å². The number of aryl methyl sites for hydroxylation is 2. The van der Waals surface area contributed by atoms with Crippen LogP contribution in [0.25, 0.3) is 11.3 Å². The summed E-state index contributed by atoms with van der Waals surface area (Å²) < 4.78 is 11.5. The monoisotopic (exact) mass is 368 g/mol. The van der Waals surface area contributed by atoms with E-state index in [2.05, 4.69) is 24.0 Å². The van der Waals surface area contributed by atoms with E-state index >= 15 is 0 Å². The van der Waals surface area contributed by atoms with Crippen LogP contribution in [0.5, 0.6) is 11.5 Å². The van der Waals surface area contributed by atoms with Crippen molar-refractivity contribution < 1.29 is 9.47 Å². The van der Waals surface area contributed by atoms with Gasteiger partial charge in [-0.2, -0.15) is 0 Å². The average Bonchev–Trinajstić information content (AvgIpc) is 3.00. The Morgan fingerprint density at radius 3 is 2.00 bits per heavy atom. The zero-order valence-corrected chi connectivity index (χ0v) is 16.0. The zero-order chi connectivity index (χ0) is 18.4. The Labute approximate surface area is 158 Å². The summed E-state index contributed by atoms with van der Waals surface area (Å²) in [6, 6.07) is 16.2. The van der Waals surface area contributed by atoms with Gasteiger partial charge in [-0.1, -0.05) is 19.1 Å². The molecule has 1 aromatic heterocycles. The van der Waals surface area contributed by atoms with E-state index in [0.29, 0.717) is 18.3 Å². The molecule has 0 radical (unpaired) electrons. The lowest BCUT2D eigenvalue weighted by Gasteiger charge is -2.09. The van der Waals surface area contributed by atoms with Gasteiger partial charge in [-0.05, 0) is 55.3 Å². The Kier molecular flexibility index (Phi) is 6.12. The van der Waals surface area contributed by atoms with E-state index in [1.54, 1.807) is 0 Å². The molecule has 0 fully saturated rings. The second kappa shape index (κ2) is 8.72. The number of anilines is 1. The summed E-state index contributed by atoms with van der Waals surface area (Å²) >= 11 is 1.51. The van der Waals surface area contributed by atoms with Gasteiger partial charge in [0.25, 0.3) is 0 Å². The number of ether oxygens (including phenoxy) is 2. The van der Waals surface area contributed by atoms with Crippen molar-refractivity contribution in [2.75, 3.05) is 18.9 Å². The average molecular weight is 369 g/mol. The van der Waals surface area contributed by atoms with Crippen LogP contribution in [0.15, 0.2) is 48.5 Å². The molecule has 0 spiro atoms. The minimum Gasteiger partial charge on any atom is -0.493 e. The van der Waals surface area contributed by atoms with Gasteiger partial charge in [-0.25, -0.2) is 4.98 Å². The highest BCUT2D eigenvalue weighted by atomic mass is 32.1. The van der Waals surface area contributed by atoms with Crippen molar-refractivity contribution in [3.8, 4) is 22.8 Å². The number of benzene rings is 2. The van der Waals surface area contributed by atoms with Crippen LogP contribution >= 0.6 is 11.3 Å². The summed E-state index contributed by atoms with van der Waals surface area (Å²) in [4.78, 5) is 5.50. The number of nitrogens with two attached hydrogens (primary N) is 1. The number of hydrogen-bond donors (Lipinski definition) is 1. The minimum absolute atomic E-state index is 0.599. The molecule has 0 aliphatic carbocycles. The van der Waals surface area contributed by atoms with Gasteiger partial charge in [0.1, 0.15) is 11.5 Å². The van der Waals surface area contributed by atoms with E-state index in [9.17, 15) is 0 Å². The third-order valence-electron chi connectivity index (χ3n) is 4.10. The van der Waals surface area contributed by atoms with Gasteiger partial charge in [0.05, 0.1) is 18.9 Å². The van der Waals surface area contributed by atoms with Crippen molar-refractivity contribution in [2.24, 2.45) is 0 Å². The minimum atomic E-state index is 0.599. The van der Waals surface area contributed by atoms with Crippen LogP contribution in [0.1, 0.15) is 23.8 Å². The summed E-state index contributed by atoms with van der Waals surface area (Å²) in [5.74, 6) is 1.76. The first kappa shape index (κ1) is 18.3. The molecule has 0 bridgehead atoms. The Bertz CT molecular complexity index is 826. The number of thiazole rings is 1. The van der Waals surface area contributed by atoms with Crippen LogP contribution in [0.2, 0.25) is 0 Å². The fraction of sp³-hybridized carbons (Fsp3) is 0.286. The molecular weight excluding hydrogens is 344 g/mol. The predicted molar refractivity (Wildman–Crippen MR) is 108 cm³/mol. The molecule has 4 nitrogen and oxygen atoms in total. The summed E-state index contributed by atoms with van der Waals surface area (Å²) in [5.41, 5.74) is 9.09. The Morgan fingerprint density at radius 2 is 1.50 bits per heavy atom. The first-order valence-electron chi connectivity index (χ1n) is 8.83. The highest BCUT2D eigenvalue weighted by Crippen LogP contribution is 2.29. The summed E-state index contributed by atoms with van der Waals surface area (Å²) in [7, 11) is 0. The van der Waals surface area contributed by atoms with Gasteiger partial charge in [-0.15, -0.1) is 11.3 Å². The first-order valence-corrected chi connectivity index (χ1v) is 9.65. The van der Waals surface area contributed by atoms with Crippen LogP contribution in [0, 0.1) is 6.92 Å². The van der Waals surface area contributed by atoms with Crippen LogP contribution in [-0.2, 0) is 6.42 Å². The second-order valence-corrected chi connectivity index (χ2v) is 7.26. The van der Waals surface area contributed by atoms with E-state index in [0.717, 1.165) is 40.5 Å². The van der Waals surface area contributed by atoms with Gasteiger partial charge >= 0.3 is 0 Å².